The van der Waals surface area contributed by atoms with Crippen molar-refractivity contribution in [1.82, 2.24) is 5.32 Å². The van der Waals surface area contributed by atoms with E-state index in [1.807, 2.05) is 0 Å². The molecule has 0 aliphatic heterocycles. The first-order valence-corrected chi connectivity index (χ1v) is 6.57. The molecular weight excluding hydrogens is 340 g/mol. The van der Waals surface area contributed by atoms with Crippen LogP contribution >= 0.6 is 0 Å². The fourth-order valence-corrected chi connectivity index (χ4v) is 1.87. The van der Waals surface area contributed by atoms with Gasteiger partial charge in [0.25, 0.3) is 0 Å². The highest BCUT2D eigenvalue weighted by Gasteiger charge is 2.38. The fourth-order valence-electron chi connectivity index (χ4n) is 1.87. The zero-order chi connectivity index (χ0) is 18.7. The van der Waals surface area contributed by atoms with Gasteiger partial charge < -0.3 is 10.2 Å². The first kappa shape index (κ1) is 19.8. The molecule has 1 aromatic carbocycles. The number of likely N-dealkylation sites (N-methyl/N-ethyl adjacent to an activating group) is 1. The number of hydrogen-bond donors (Lipinski definition) is 1. The second kappa shape index (κ2) is 7.09. The minimum absolute atomic E-state index is 0.206. The second-order valence-corrected chi connectivity index (χ2v) is 4.89. The normalized spacial score (nSPS) is 13.3. The molecule has 0 aromatic heterocycles. The summed E-state index contributed by atoms with van der Waals surface area (Å²) >= 11 is 0. The number of carbonyl (C=O) groups excluding carboxylic acids is 1. The molecular formula is C14H13F6N3O. The zero-order valence-corrected chi connectivity index (χ0v) is 12.6. The number of alkyl halides is 6. The molecule has 0 fully saturated rings. The quantitative estimate of drug-likeness (QED) is 0.847. The minimum atomic E-state index is -4.94. The Labute approximate surface area is 133 Å². The van der Waals surface area contributed by atoms with Gasteiger partial charge in [0.05, 0.1) is 23.2 Å². The van der Waals surface area contributed by atoms with Crippen LogP contribution in [0.2, 0.25) is 0 Å². The molecule has 0 heterocycles. The highest BCUT2D eigenvalue weighted by molar-refractivity contribution is 5.97. The lowest BCUT2D eigenvalue weighted by Gasteiger charge is -2.27. The van der Waals surface area contributed by atoms with Crippen LogP contribution in [0.3, 0.4) is 0 Å². The summed E-state index contributed by atoms with van der Waals surface area (Å²) in [6, 6.07) is 2.25. The van der Waals surface area contributed by atoms with Crippen LogP contribution in [0.5, 0.6) is 0 Å². The Hall–Kier alpha value is -2.28. The molecule has 24 heavy (non-hydrogen) atoms. The Kier molecular flexibility index (Phi) is 5.84. The molecule has 0 aliphatic rings. The van der Waals surface area contributed by atoms with Gasteiger partial charge in [-0.2, -0.15) is 31.6 Å². The summed E-state index contributed by atoms with van der Waals surface area (Å²) in [6.07, 6.45) is -9.75. The Morgan fingerprint density at radius 3 is 2.29 bits per heavy atom. The summed E-state index contributed by atoms with van der Waals surface area (Å²) in [6.45, 7) is -0.471. The Balaban J connectivity index is 3.43. The van der Waals surface area contributed by atoms with Gasteiger partial charge in [-0.3, -0.25) is 4.79 Å². The summed E-state index contributed by atoms with van der Waals surface area (Å²) in [5, 5.41) is 11.1. The lowest BCUT2D eigenvalue weighted by Crippen LogP contribution is -2.47. The third-order valence-corrected chi connectivity index (χ3v) is 3.15. The number of nitrogens with one attached hydrogen (secondary N) is 1. The lowest BCUT2D eigenvalue weighted by molar-refractivity contribution is -0.138. The molecule has 1 N–H and O–H groups in total. The predicted molar refractivity (Wildman–Crippen MR) is 73.1 cm³/mol. The summed E-state index contributed by atoms with van der Waals surface area (Å²) < 4.78 is 77.0. The minimum Gasteiger partial charge on any atom is -0.309 e. The molecule has 0 saturated heterocycles. The van der Waals surface area contributed by atoms with Crippen molar-refractivity contribution in [2.24, 2.45) is 0 Å². The Morgan fingerprint density at radius 2 is 1.88 bits per heavy atom. The molecule has 10 heteroatoms. The molecule has 4 nitrogen and oxygen atoms in total. The molecule has 0 unspecified atom stereocenters. The number of nitrogens with zero attached hydrogens (tertiary/aromatic N) is 2. The third-order valence-electron chi connectivity index (χ3n) is 3.15. The number of halogens is 6. The van der Waals surface area contributed by atoms with Gasteiger partial charge in [-0.1, -0.05) is 0 Å². The summed E-state index contributed by atoms with van der Waals surface area (Å²) in [4.78, 5) is 12.3. The maximum absolute atomic E-state index is 13.0. The smallest absolute Gasteiger partial charge is 0.309 e. The first-order valence-electron chi connectivity index (χ1n) is 6.57. The largest absolute Gasteiger partial charge is 0.417 e. The van der Waals surface area contributed by atoms with E-state index < -0.39 is 47.7 Å². The zero-order valence-electron chi connectivity index (χ0n) is 12.6. The maximum atomic E-state index is 13.0. The van der Waals surface area contributed by atoms with Crippen LogP contribution in [-0.2, 0) is 11.0 Å². The van der Waals surface area contributed by atoms with Crippen molar-refractivity contribution >= 4 is 11.6 Å². The van der Waals surface area contributed by atoms with Crippen molar-refractivity contribution in [2.75, 3.05) is 18.5 Å². The number of rotatable bonds is 4. The van der Waals surface area contributed by atoms with Gasteiger partial charge in [0, 0.05) is 5.69 Å². The van der Waals surface area contributed by atoms with Gasteiger partial charge in [-0.05, 0) is 32.2 Å². The Bertz CT molecular complexity index is 647. The number of nitriles is 1. The number of benzene rings is 1. The van der Waals surface area contributed by atoms with E-state index in [1.54, 1.807) is 0 Å². The van der Waals surface area contributed by atoms with E-state index >= 15 is 0 Å². The SMILES string of the molecule is CN[C@@H](C)C(=O)N(CC(F)(F)F)c1ccc(C#N)c(C(F)(F)F)c1. The van der Waals surface area contributed by atoms with Gasteiger partial charge in [0.2, 0.25) is 5.91 Å². The summed E-state index contributed by atoms with van der Waals surface area (Å²) in [7, 11) is 1.33. The average molecular weight is 353 g/mol. The molecule has 0 aliphatic carbocycles. The topological polar surface area (TPSA) is 56.1 Å². The van der Waals surface area contributed by atoms with Gasteiger partial charge in [-0.25, -0.2) is 0 Å². The van der Waals surface area contributed by atoms with Crippen molar-refractivity contribution in [3.8, 4) is 6.07 Å². The van der Waals surface area contributed by atoms with Crippen LogP contribution < -0.4 is 10.2 Å². The van der Waals surface area contributed by atoms with Crippen LogP contribution in [0, 0.1) is 11.3 Å². The van der Waals surface area contributed by atoms with Crippen LogP contribution in [0.25, 0.3) is 0 Å². The van der Waals surface area contributed by atoms with Crippen molar-refractivity contribution in [1.29, 1.82) is 5.26 Å². The molecule has 0 spiro atoms. The number of amides is 1. The van der Waals surface area contributed by atoms with E-state index in [0.29, 0.717) is 6.07 Å². The molecule has 1 atom stereocenters. The third kappa shape index (κ3) is 4.86. The molecule has 0 saturated carbocycles. The number of hydrogen-bond acceptors (Lipinski definition) is 3. The van der Waals surface area contributed by atoms with Crippen molar-refractivity contribution in [2.45, 2.75) is 25.3 Å². The summed E-state index contributed by atoms with van der Waals surface area (Å²) in [5.41, 5.74) is -2.74. The van der Waals surface area contributed by atoms with Crippen LogP contribution in [0.4, 0.5) is 32.0 Å². The maximum Gasteiger partial charge on any atom is 0.417 e. The Morgan fingerprint density at radius 1 is 1.29 bits per heavy atom. The van der Waals surface area contributed by atoms with Gasteiger partial charge in [0.15, 0.2) is 0 Å². The van der Waals surface area contributed by atoms with E-state index in [9.17, 15) is 31.1 Å². The van der Waals surface area contributed by atoms with Crippen LogP contribution in [0.1, 0.15) is 18.1 Å². The van der Waals surface area contributed by atoms with E-state index in [0.717, 1.165) is 12.1 Å². The van der Waals surface area contributed by atoms with Crippen molar-refractivity contribution in [3.05, 3.63) is 29.3 Å². The lowest BCUT2D eigenvalue weighted by atomic mass is 10.1. The van der Waals surface area contributed by atoms with Crippen LogP contribution in [-0.4, -0.2) is 31.7 Å². The van der Waals surface area contributed by atoms with Gasteiger partial charge in [0.1, 0.15) is 6.54 Å². The van der Waals surface area contributed by atoms with E-state index in [2.05, 4.69) is 5.32 Å². The van der Waals surface area contributed by atoms with Crippen molar-refractivity contribution in [3.63, 3.8) is 0 Å². The molecule has 132 valence electrons. The molecule has 1 amide bonds. The number of carbonyl (C=O) groups is 1. The van der Waals surface area contributed by atoms with E-state index in [4.69, 9.17) is 5.26 Å². The molecule has 0 bridgehead atoms. The van der Waals surface area contributed by atoms with Gasteiger partial charge >= 0.3 is 12.4 Å². The molecule has 0 radical (unpaired) electrons. The van der Waals surface area contributed by atoms with Crippen molar-refractivity contribution < 1.29 is 31.1 Å². The van der Waals surface area contributed by atoms with E-state index in [1.165, 1.54) is 20.0 Å². The first-order chi connectivity index (χ1) is 10.9. The highest BCUT2D eigenvalue weighted by Crippen LogP contribution is 2.35. The second-order valence-electron chi connectivity index (χ2n) is 4.89. The van der Waals surface area contributed by atoms with Gasteiger partial charge in [-0.15, -0.1) is 0 Å². The molecule has 1 aromatic rings. The fraction of sp³-hybridized carbons (Fsp3) is 0.429. The number of anilines is 1. The standard InChI is InChI=1S/C14H13F6N3O/c1-8(22-2)12(24)23(7-13(15,16)17)10-4-3-9(6-21)11(5-10)14(18,19)20/h3-5,8,22H,7H2,1-2H3/t8-/m0/s1. The average Bonchev–Trinajstić information content (AvgIpc) is 2.48. The van der Waals surface area contributed by atoms with E-state index in [-0.39, 0.29) is 4.90 Å². The monoisotopic (exact) mass is 353 g/mol. The van der Waals surface area contributed by atoms with Crippen LogP contribution in [0.15, 0.2) is 18.2 Å². The highest BCUT2D eigenvalue weighted by atomic mass is 19.4. The predicted octanol–water partition coefficient (Wildman–Crippen LogP) is 3.08. The molecule has 1 rings (SSSR count). The summed E-state index contributed by atoms with van der Waals surface area (Å²) in [5.74, 6) is -1.05.